The normalized spacial score (nSPS) is 22.4. The molecule has 9 heteroatoms. The number of hydrogen-bond donors (Lipinski definition) is 1. The minimum atomic E-state index is -4.40. The fourth-order valence-corrected chi connectivity index (χ4v) is 3.79. The van der Waals surface area contributed by atoms with Crippen LogP contribution in [0.4, 0.5) is 13.2 Å². The van der Waals surface area contributed by atoms with Gasteiger partial charge in [0, 0.05) is 13.0 Å². The first kappa shape index (κ1) is 16.2. The minimum absolute atomic E-state index is 0.0608. The van der Waals surface area contributed by atoms with Gasteiger partial charge in [-0.3, -0.25) is 4.79 Å². The van der Waals surface area contributed by atoms with Crippen molar-refractivity contribution in [1.82, 2.24) is 4.31 Å². The number of rotatable bonds is 5. The first-order chi connectivity index (χ1) is 8.63. The maximum atomic E-state index is 12.0. The van der Waals surface area contributed by atoms with Gasteiger partial charge in [-0.25, -0.2) is 8.42 Å². The van der Waals surface area contributed by atoms with Gasteiger partial charge in [0.1, 0.15) is 6.04 Å². The van der Waals surface area contributed by atoms with Crippen LogP contribution in [0.1, 0.15) is 32.1 Å². The number of carbonyl (C=O) groups is 1. The standard InChI is InChI=1S/C10H16F3NO4S/c11-10(12,13)5-3-7-19(17,18)14-6-2-1-4-8(14)9(15)16/h8H,1-7H2,(H,15,16). The molecule has 0 amide bonds. The van der Waals surface area contributed by atoms with Crippen molar-refractivity contribution in [3.05, 3.63) is 0 Å². The number of aliphatic carboxylic acids is 1. The van der Waals surface area contributed by atoms with Gasteiger partial charge in [0.25, 0.3) is 0 Å². The zero-order chi connectivity index (χ0) is 14.7. The van der Waals surface area contributed by atoms with E-state index in [9.17, 15) is 26.4 Å². The molecule has 0 saturated carbocycles. The highest BCUT2D eigenvalue weighted by molar-refractivity contribution is 7.89. The molecular formula is C10H16F3NO4S. The van der Waals surface area contributed by atoms with Crippen LogP contribution in [0.25, 0.3) is 0 Å². The summed E-state index contributed by atoms with van der Waals surface area (Å²) in [6.07, 6.45) is -4.79. The molecule has 1 N–H and O–H groups in total. The number of hydrogen-bond acceptors (Lipinski definition) is 3. The van der Waals surface area contributed by atoms with Crippen LogP contribution in [0.5, 0.6) is 0 Å². The Bertz CT molecular complexity index is 421. The molecule has 0 radical (unpaired) electrons. The summed E-state index contributed by atoms with van der Waals surface area (Å²) in [7, 11) is -3.95. The second-order valence-electron chi connectivity index (χ2n) is 4.50. The van der Waals surface area contributed by atoms with E-state index >= 15 is 0 Å². The maximum Gasteiger partial charge on any atom is 0.389 e. The smallest absolute Gasteiger partial charge is 0.389 e. The van der Waals surface area contributed by atoms with Crippen LogP contribution in [0.15, 0.2) is 0 Å². The fraction of sp³-hybridized carbons (Fsp3) is 0.900. The summed E-state index contributed by atoms with van der Waals surface area (Å²) in [4.78, 5) is 11.0. The van der Waals surface area contributed by atoms with Gasteiger partial charge in [-0.05, 0) is 25.7 Å². The molecule has 1 atom stereocenters. The number of sulfonamides is 1. The highest BCUT2D eigenvalue weighted by Crippen LogP contribution is 2.24. The van der Waals surface area contributed by atoms with E-state index in [0.717, 1.165) is 4.31 Å². The van der Waals surface area contributed by atoms with Crippen LogP contribution in [-0.4, -0.2) is 48.3 Å². The van der Waals surface area contributed by atoms with Gasteiger partial charge in [-0.1, -0.05) is 0 Å². The van der Waals surface area contributed by atoms with Crippen molar-refractivity contribution in [1.29, 1.82) is 0 Å². The number of nitrogens with zero attached hydrogens (tertiary/aromatic N) is 1. The SMILES string of the molecule is O=C(O)C1CCCCN1S(=O)(=O)CCCC(F)(F)F. The Balaban J connectivity index is 2.66. The van der Waals surface area contributed by atoms with Crippen LogP contribution in [0.3, 0.4) is 0 Å². The Morgan fingerprint density at radius 2 is 1.95 bits per heavy atom. The lowest BCUT2D eigenvalue weighted by Crippen LogP contribution is -2.48. The summed E-state index contributed by atoms with van der Waals surface area (Å²) in [5.74, 6) is -1.92. The van der Waals surface area contributed by atoms with Crippen LogP contribution in [0.2, 0.25) is 0 Å². The molecular weight excluding hydrogens is 287 g/mol. The number of carboxylic acid groups (broad SMARTS) is 1. The molecule has 0 bridgehead atoms. The van der Waals surface area contributed by atoms with Crippen molar-refractivity contribution < 1.29 is 31.5 Å². The highest BCUT2D eigenvalue weighted by Gasteiger charge is 2.37. The van der Waals surface area contributed by atoms with Gasteiger partial charge in [-0.15, -0.1) is 0 Å². The number of halogens is 3. The minimum Gasteiger partial charge on any atom is -0.480 e. The topological polar surface area (TPSA) is 74.7 Å². The molecule has 112 valence electrons. The quantitative estimate of drug-likeness (QED) is 0.837. The zero-order valence-corrected chi connectivity index (χ0v) is 11.0. The molecule has 1 fully saturated rings. The summed E-state index contributed by atoms with van der Waals surface area (Å²) in [5, 5.41) is 8.94. The summed E-state index contributed by atoms with van der Waals surface area (Å²) in [6, 6.07) is -1.15. The summed E-state index contributed by atoms with van der Waals surface area (Å²) < 4.78 is 60.5. The molecule has 0 aromatic heterocycles. The molecule has 19 heavy (non-hydrogen) atoms. The molecule has 0 aromatic rings. The van der Waals surface area contributed by atoms with E-state index in [4.69, 9.17) is 5.11 Å². The predicted octanol–water partition coefficient (Wildman–Crippen LogP) is 1.60. The van der Waals surface area contributed by atoms with E-state index in [2.05, 4.69) is 0 Å². The van der Waals surface area contributed by atoms with Gasteiger partial charge >= 0.3 is 12.1 Å². The van der Waals surface area contributed by atoms with E-state index in [1.807, 2.05) is 0 Å². The third kappa shape index (κ3) is 4.98. The third-order valence-corrected chi connectivity index (χ3v) is 4.91. The number of carboxylic acids is 1. The van der Waals surface area contributed by atoms with Gasteiger partial charge in [0.15, 0.2) is 0 Å². The van der Waals surface area contributed by atoms with Crippen molar-refractivity contribution in [2.75, 3.05) is 12.3 Å². The molecule has 5 nitrogen and oxygen atoms in total. The van der Waals surface area contributed by atoms with Crippen molar-refractivity contribution in [3.63, 3.8) is 0 Å². The molecule has 1 unspecified atom stereocenters. The molecule has 0 aromatic carbocycles. The lowest BCUT2D eigenvalue weighted by Gasteiger charge is -2.31. The monoisotopic (exact) mass is 303 g/mol. The Hall–Kier alpha value is -0.830. The van der Waals surface area contributed by atoms with E-state index in [1.165, 1.54) is 0 Å². The third-order valence-electron chi connectivity index (χ3n) is 2.96. The van der Waals surface area contributed by atoms with Gasteiger partial charge in [-0.2, -0.15) is 17.5 Å². The van der Waals surface area contributed by atoms with Crippen LogP contribution in [0, 0.1) is 0 Å². The zero-order valence-electron chi connectivity index (χ0n) is 10.2. The molecule has 1 aliphatic heterocycles. The predicted molar refractivity (Wildman–Crippen MR) is 61.1 cm³/mol. The Morgan fingerprint density at radius 3 is 2.47 bits per heavy atom. The van der Waals surface area contributed by atoms with Crippen LogP contribution < -0.4 is 0 Å². The second-order valence-corrected chi connectivity index (χ2v) is 6.54. The summed E-state index contributed by atoms with van der Waals surface area (Å²) in [6.45, 7) is 0.0608. The molecule has 0 aliphatic carbocycles. The molecule has 1 heterocycles. The lowest BCUT2D eigenvalue weighted by molar-refractivity contribution is -0.142. The number of alkyl halides is 3. The Morgan fingerprint density at radius 1 is 1.32 bits per heavy atom. The number of piperidine rings is 1. The average Bonchev–Trinajstić information content (AvgIpc) is 2.27. The summed E-state index contributed by atoms with van der Waals surface area (Å²) in [5.41, 5.74) is 0. The van der Waals surface area contributed by atoms with Gasteiger partial charge in [0.2, 0.25) is 10.0 Å². The fourth-order valence-electron chi connectivity index (χ4n) is 2.06. The highest BCUT2D eigenvalue weighted by atomic mass is 32.2. The molecule has 1 rings (SSSR count). The van der Waals surface area contributed by atoms with Crippen LogP contribution in [-0.2, 0) is 14.8 Å². The van der Waals surface area contributed by atoms with E-state index < -0.39 is 46.8 Å². The first-order valence-electron chi connectivity index (χ1n) is 5.92. The van der Waals surface area contributed by atoms with Crippen LogP contribution >= 0.6 is 0 Å². The van der Waals surface area contributed by atoms with Gasteiger partial charge < -0.3 is 5.11 Å². The van der Waals surface area contributed by atoms with E-state index in [1.54, 1.807) is 0 Å². The lowest BCUT2D eigenvalue weighted by atomic mass is 10.1. The van der Waals surface area contributed by atoms with Crippen molar-refractivity contribution in [2.45, 2.75) is 44.3 Å². The molecule has 0 spiro atoms. The first-order valence-corrected chi connectivity index (χ1v) is 7.53. The average molecular weight is 303 g/mol. The molecule has 1 aliphatic rings. The van der Waals surface area contributed by atoms with E-state index in [0.29, 0.717) is 12.8 Å². The second kappa shape index (κ2) is 6.08. The Kier molecular flexibility index (Phi) is 5.19. The Labute approximate surface area is 109 Å². The molecule has 1 saturated heterocycles. The van der Waals surface area contributed by atoms with Crippen molar-refractivity contribution in [2.24, 2.45) is 0 Å². The van der Waals surface area contributed by atoms with Crippen molar-refractivity contribution >= 4 is 16.0 Å². The van der Waals surface area contributed by atoms with Gasteiger partial charge in [0.05, 0.1) is 5.75 Å². The van der Waals surface area contributed by atoms with Crippen molar-refractivity contribution in [3.8, 4) is 0 Å². The van der Waals surface area contributed by atoms with E-state index in [-0.39, 0.29) is 13.0 Å². The summed E-state index contributed by atoms with van der Waals surface area (Å²) >= 11 is 0. The maximum absolute atomic E-state index is 12.0. The largest absolute Gasteiger partial charge is 0.480 e.